The molecular formula is CH4O8S2. The lowest BCUT2D eigenvalue weighted by Crippen LogP contribution is -1.89. The van der Waals surface area contributed by atoms with E-state index < -0.39 is 20.8 Å². The summed E-state index contributed by atoms with van der Waals surface area (Å²) in [7, 11) is -9.33. The third-order valence-corrected chi connectivity index (χ3v) is 0. The van der Waals surface area contributed by atoms with E-state index in [1.165, 1.54) is 0 Å². The molecule has 4 radical (unpaired) electrons. The Labute approximate surface area is 64.0 Å². The maximum Gasteiger partial charge on any atom is 0.394 e. The Hall–Kier alpha value is -0.260. The smallest absolute Gasteiger partial charge is 0.264 e. The molecule has 11 heavy (non-hydrogen) atoms. The highest BCUT2D eigenvalue weighted by Gasteiger charge is 1.85. The molecule has 0 atom stereocenters. The third kappa shape index (κ3) is 8630. The van der Waals surface area contributed by atoms with Crippen LogP contribution in [0.2, 0.25) is 0 Å². The summed E-state index contributed by atoms with van der Waals surface area (Å²) in [6.45, 7) is 0. The molecule has 0 saturated heterocycles. The van der Waals surface area contributed by atoms with E-state index >= 15 is 0 Å². The van der Waals surface area contributed by atoms with Gasteiger partial charge in [-0.15, -0.1) is 0 Å². The van der Waals surface area contributed by atoms with E-state index in [0.717, 1.165) is 0 Å². The molecule has 0 bridgehead atoms. The van der Waals surface area contributed by atoms with E-state index in [-0.39, 0.29) is 7.43 Å². The van der Waals surface area contributed by atoms with Crippen molar-refractivity contribution in [3.05, 3.63) is 7.43 Å². The van der Waals surface area contributed by atoms with Crippen LogP contribution in [0.25, 0.3) is 0 Å². The van der Waals surface area contributed by atoms with Crippen molar-refractivity contribution < 1.29 is 35.0 Å². The van der Waals surface area contributed by atoms with Crippen LogP contribution in [-0.2, 0) is 20.8 Å². The van der Waals surface area contributed by atoms with Crippen LogP contribution < -0.4 is 0 Å². The summed E-state index contributed by atoms with van der Waals surface area (Å²) in [6, 6.07) is 0. The lowest BCUT2D eigenvalue weighted by atomic mass is 12.0. The largest absolute Gasteiger partial charge is 0.394 e. The predicted molar refractivity (Wildman–Crippen MR) is 31.6 cm³/mol. The van der Waals surface area contributed by atoms with Crippen molar-refractivity contribution in [1.82, 2.24) is 0 Å². The summed E-state index contributed by atoms with van der Waals surface area (Å²) >= 11 is 0. The van der Waals surface area contributed by atoms with Crippen molar-refractivity contribution in [2.75, 3.05) is 0 Å². The van der Waals surface area contributed by atoms with Crippen molar-refractivity contribution in [3.8, 4) is 0 Å². The van der Waals surface area contributed by atoms with E-state index in [0.29, 0.717) is 0 Å². The average Bonchev–Trinajstić information content (AvgIpc) is 1.12. The fourth-order valence-electron chi connectivity index (χ4n) is 0. The van der Waals surface area contributed by atoms with Gasteiger partial charge >= 0.3 is 20.8 Å². The summed E-state index contributed by atoms with van der Waals surface area (Å²) in [5, 5.41) is 0. The molecule has 0 aromatic rings. The van der Waals surface area contributed by atoms with Crippen molar-refractivity contribution in [2.45, 2.75) is 0 Å². The second kappa shape index (κ2) is 5.40. The van der Waals surface area contributed by atoms with Crippen molar-refractivity contribution in [2.24, 2.45) is 0 Å². The molecule has 0 heterocycles. The molecule has 0 aliphatic carbocycles. The Balaban J connectivity index is -0.000000107. The molecule has 8 nitrogen and oxygen atoms in total. The molecule has 0 aromatic heterocycles. The highest BCUT2D eigenvalue weighted by atomic mass is 32.3. The van der Waals surface area contributed by atoms with Gasteiger partial charge in [0.05, 0.1) is 0 Å². The van der Waals surface area contributed by atoms with Crippen LogP contribution >= 0.6 is 0 Å². The van der Waals surface area contributed by atoms with Crippen LogP contribution in [-0.4, -0.2) is 35.0 Å². The van der Waals surface area contributed by atoms with Crippen LogP contribution in [0, 0.1) is 7.43 Å². The van der Waals surface area contributed by atoms with Gasteiger partial charge in [-0.3, -0.25) is 18.2 Å². The molecular weight excluding hydrogens is 204 g/mol. The topological polar surface area (TPSA) is 149 Å². The van der Waals surface area contributed by atoms with Gasteiger partial charge < -0.3 is 0 Å². The molecule has 0 aliphatic heterocycles. The van der Waals surface area contributed by atoms with Crippen LogP contribution in [0.15, 0.2) is 0 Å². The Morgan fingerprint density at radius 3 is 0.636 bits per heavy atom. The fourth-order valence-corrected chi connectivity index (χ4v) is 0. The highest BCUT2D eigenvalue weighted by molar-refractivity contribution is 7.80. The van der Waals surface area contributed by atoms with E-state index in [9.17, 15) is 0 Å². The highest BCUT2D eigenvalue weighted by Crippen LogP contribution is 1.59. The summed E-state index contributed by atoms with van der Waals surface area (Å²) in [6.07, 6.45) is 0. The Kier molecular flexibility index (Phi) is 8.35. The summed E-state index contributed by atoms with van der Waals surface area (Å²) < 4.78 is 63.2. The van der Waals surface area contributed by atoms with Crippen LogP contribution in [0.1, 0.15) is 0 Å². The molecule has 0 saturated carbocycles. The standard InChI is InChI=1S/C.2H2O4S/c;2*1-5(2,3)4/h;2*(H2,1,2,3,4). The Morgan fingerprint density at radius 2 is 0.636 bits per heavy atom. The zero-order valence-corrected chi connectivity index (χ0v) is 6.37. The first-order valence-electron chi connectivity index (χ1n) is 1.40. The second-order valence-corrected chi connectivity index (χ2v) is 2.69. The first-order chi connectivity index (χ1) is 4.00. The first-order valence-corrected chi connectivity index (χ1v) is 4.19. The number of rotatable bonds is 0. The maximum absolute atomic E-state index is 8.74. The van der Waals surface area contributed by atoms with Gasteiger partial charge in [-0.1, -0.05) is 0 Å². The van der Waals surface area contributed by atoms with Gasteiger partial charge in [0.1, 0.15) is 0 Å². The average molecular weight is 208 g/mol. The molecule has 0 fully saturated rings. The molecule has 0 amide bonds. The van der Waals surface area contributed by atoms with E-state index in [1.807, 2.05) is 0 Å². The van der Waals surface area contributed by atoms with E-state index in [2.05, 4.69) is 0 Å². The van der Waals surface area contributed by atoms with Gasteiger partial charge in [0, 0.05) is 7.43 Å². The maximum atomic E-state index is 8.74. The number of hydrogen-bond acceptors (Lipinski definition) is 4. The summed E-state index contributed by atoms with van der Waals surface area (Å²) in [4.78, 5) is 0. The minimum atomic E-state index is -4.67. The zero-order valence-electron chi connectivity index (χ0n) is 4.74. The molecule has 0 aliphatic rings. The third-order valence-electron chi connectivity index (χ3n) is 0. The van der Waals surface area contributed by atoms with Gasteiger partial charge in [-0.25, -0.2) is 0 Å². The molecule has 68 valence electrons. The second-order valence-electron chi connectivity index (χ2n) is 0.896. The quantitative estimate of drug-likeness (QED) is 0.361. The van der Waals surface area contributed by atoms with Gasteiger partial charge in [-0.2, -0.15) is 16.8 Å². The zero-order chi connectivity index (χ0) is 9.00. The number of hydrogen-bond donors (Lipinski definition) is 4. The monoisotopic (exact) mass is 208 g/mol. The van der Waals surface area contributed by atoms with Gasteiger partial charge in [0.2, 0.25) is 0 Å². The van der Waals surface area contributed by atoms with Gasteiger partial charge in [-0.05, 0) is 0 Å². The molecule has 0 rings (SSSR count). The van der Waals surface area contributed by atoms with Crippen molar-refractivity contribution in [1.29, 1.82) is 0 Å². The lowest BCUT2D eigenvalue weighted by Gasteiger charge is -1.68. The summed E-state index contributed by atoms with van der Waals surface area (Å²) in [5.74, 6) is 0. The van der Waals surface area contributed by atoms with Crippen LogP contribution in [0.5, 0.6) is 0 Å². The lowest BCUT2D eigenvalue weighted by molar-refractivity contribution is 0.378. The minimum absolute atomic E-state index is 0. The first kappa shape index (κ1) is 17.0. The van der Waals surface area contributed by atoms with Gasteiger partial charge in [0.25, 0.3) is 0 Å². The van der Waals surface area contributed by atoms with Crippen LogP contribution in [0.4, 0.5) is 0 Å². The molecule has 0 spiro atoms. The molecule has 10 heteroatoms. The summed E-state index contributed by atoms with van der Waals surface area (Å²) in [5.41, 5.74) is 0. The van der Waals surface area contributed by atoms with Crippen molar-refractivity contribution >= 4 is 20.8 Å². The SMILES string of the molecule is O=S(=O)(O)O.O=S(=O)(O)O.[C]. The molecule has 0 aromatic carbocycles. The minimum Gasteiger partial charge on any atom is -0.264 e. The Bertz CT molecular complexity index is 208. The fraction of sp³-hybridized carbons (Fsp3) is 0. The van der Waals surface area contributed by atoms with Gasteiger partial charge in [0.15, 0.2) is 0 Å². The normalized spacial score (nSPS) is 10.5. The van der Waals surface area contributed by atoms with E-state index in [4.69, 9.17) is 35.0 Å². The molecule has 0 unspecified atom stereocenters. The Morgan fingerprint density at radius 1 is 0.636 bits per heavy atom. The molecule has 4 N–H and O–H groups in total. The van der Waals surface area contributed by atoms with E-state index in [1.54, 1.807) is 0 Å². The van der Waals surface area contributed by atoms with Crippen molar-refractivity contribution in [3.63, 3.8) is 0 Å². The van der Waals surface area contributed by atoms with Crippen LogP contribution in [0.3, 0.4) is 0 Å². The predicted octanol–water partition coefficient (Wildman–Crippen LogP) is -1.22.